The van der Waals surface area contributed by atoms with E-state index in [4.69, 9.17) is 4.74 Å². The van der Waals surface area contributed by atoms with Crippen molar-refractivity contribution in [2.24, 2.45) is 0 Å². The van der Waals surface area contributed by atoms with Gasteiger partial charge in [0.15, 0.2) is 0 Å². The number of ether oxygens (including phenoxy) is 1. The lowest BCUT2D eigenvalue weighted by atomic mass is 10.1. The first-order valence-electron chi connectivity index (χ1n) is 4.65. The number of hydrogen-bond donors (Lipinski definition) is 0. The van der Waals surface area contributed by atoms with Crippen LogP contribution < -0.4 is 0 Å². The molecular formula is C11H20O. The molecule has 1 atom stereocenters. The zero-order valence-corrected chi connectivity index (χ0v) is 8.31. The van der Waals surface area contributed by atoms with Gasteiger partial charge in [0.2, 0.25) is 0 Å². The summed E-state index contributed by atoms with van der Waals surface area (Å²) >= 11 is 0. The standard InChI is InChI=1S/C11H20O/c1-5-7-8-9-11(6-2)12-10(3)4/h6,11H,2-3,5,7-9H2,1,4H3. The molecule has 0 saturated carbocycles. The van der Waals surface area contributed by atoms with Gasteiger partial charge in [0, 0.05) is 0 Å². The van der Waals surface area contributed by atoms with Crippen LogP contribution in [0.3, 0.4) is 0 Å². The predicted molar refractivity (Wildman–Crippen MR) is 54.0 cm³/mol. The van der Waals surface area contributed by atoms with E-state index < -0.39 is 0 Å². The van der Waals surface area contributed by atoms with Gasteiger partial charge in [-0.1, -0.05) is 39.0 Å². The normalized spacial score (nSPS) is 12.2. The summed E-state index contributed by atoms with van der Waals surface area (Å²) in [5, 5.41) is 0. The lowest BCUT2D eigenvalue weighted by Gasteiger charge is -2.14. The van der Waals surface area contributed by atoms with E-state index in [2.05, 4.69) is 20.1 Å². The van der Waals surface area contributed by atoms with E-state index in [0.717, 1.165) is 12.2 Å². The van der Waals surface area contributed by atoms with Crippen LogP contribution in [0.25, 0.3) is 0 Å². The first-order chi connectivity index (χ1) is 5.70. The summed E-state index contributed by atoms with van der Waals surface area (Å²) < 4.78 is 5.43. The van der Waals surface area contributed by atoms with Crippen LogP contribution in [-0.4, -0.2) is 6.10 Å². The fourth-order valence-corrected chi connectivity index (χ4v) is 1.08. The molecule has 1 unspecified atom stereocenters. The molecule has 0 aliphatic heterocycles. The Bertz CT molecular complexity index is 138. The SMILES string of the molecule is C=CC(CCCCC)OC(=C)C. The third kappa shape index (κ3) is 6.02. The Morgan fingerprint density at radius 3 is 2.58 bits per heavy atom. The maximum Gasteiger partial charge on any atom is 0.116 e. The molecule has 0 saturated heterocycles. The van der Waals surface area contributed by atoms with Gasteiger partial charge in [-0.25, -0.2) is 0 Å². The molecule has 0 fully saturated rings. The van der Waals surface area contributed by atoms with Crippen molar-refractivity contribution in [1.82, 2.24) is 0 Å². The van der Waals surface area contributed by atoms with Gasteiger partial charge in [0.05, 0.1) is 5.76 Å². The molecule has 0 aliphatic rings. The highest BCUT2D eigenvalue weighted by Crippen LogP contribution is 2.10. The number of rotatable bonds is 7. The monoisotopic (exact) mass is 168 g/mol. The Morgan fingerprint density at radius 1 is 1.50 bits per heavy atom. The predicted octanol–water partition coefficient (Wildman–Crippen LogP) is 3.67. The van der Waals surface area contributed by atoms with E-state index in [1.807, 2.05) is 13.0 Å². The lowest BCUT2D eigenvalue weighted by Crippen LogP contribution is -2.07. The molecule has 0 bridgehead atoms. The second-order valence-corrected chi connectivity index (χ2v) is 3.09. The minimum Gasteiger partial charge on any atom is -0.492 e. The van der Waals surface area contributed by atoms with Crippen molar-refractivity contribution in [3.8, 4) is 0 Å². The van der Waals surface area contributed by atoms with Crippen molar-refractivity contribution >= 4 is 0 Å². The van der Waals surface area contributed by atoms with E-state index in [-0.39, 0.29) is 6.10 Å². The molecule has 0 rings (SSSR count). The summed E-state index contributed by atoms with van der Waals surface area (Å²) in [6, 6.07) is 0. The topological polar surface area (TPSA) is 9.23 Å². The smallest absolute Gasteiger partial charge is 0.116 e. The molecule has 70 valence electrons. The van der Waals surface area contributed by atoms with Gasteiger partial charge in [-0.3, -0.25) is 0 Å². The Balaban J connectivity index is 3.53. The van der Waals surface area contributed by atoms with Gasteiger partial charge >= 0.3 is 0 Å². The molecule has 0 spiro atoms. The molecule has 0 aliphatic carbocycles. The quantitative estimate of drug-likeness (QED) is 0.320. The summed E-state index contributed by atoms with van der Waals surface area (Å²) in [6.45, 7) is 11.5. The number of hydrogen-bond acceptors (Lipinski definition) is 1. The van der Waals surface area contributed by atoms with E-state index >= 15 is 0 Å². The molecule has 1 nitrogen and oxygen atoms in total. The van der Waals surface area contributed by atoms with Crippen LogP contribution >= 0.6 is 0 Å². The van der Waals surface area contributed by atoms with E-state index in [9.17, 15) is 0 Å². The Hall–Kier alpha value is -0.720. The van der Waals surface area contributed by atoms with Crippen molar-refractivity contribution < 1.29 is 4.74 Å². The highest BCUT2D eigenvalue weighted by Gasteiger charge is 2.03. The minimum atomic E-state index is 0.161. The summed E-state index contributed by atoms with van der Waals surface area (Å²) in [5.41, 5.74) is 0. The third-order valence-electron chi connectivity index (χ3n) is 1.71. The largest absolute Gasteiger partial charge is 0.492 e. The first-order valence-corrected chi connectivity index (χ1v) is 4.65. The molecule has 12 heavy (non-hydrogen) atoms. The highest BCUT2D eigenvalue weighted by atomic mass is 16.5. The van der Waals surface area contributed by atoms with Crippen LogP contribution in [0.4, 0.5) is 0 Å². The molecule has 1 heteroatoms. The van der Waals surface area contributed by atoms with Gasteiger partial charge in [0.1, 0.15) is 6.10 Å². The van der Waals surface area contributed by atoms with Gasteiger partial charge in [-0.2, -0.15) is 0 Å². The van der Waals surface area contributed by atoms with Crippen molar-refractivity contribution in [3.05, 3.63) is 25.0 Å². The number of unbranched alkanes of at least 4 members (excludes halogenated alkanes) is 2. The number of allylic oxidation sites excluding steroid dienone is 1. The van der Waals surface area contributed by atoms with Gasteiger partial charge < -0.3 is 4.74 Å². The van der Waals surface area contributed by atoms with E-state index in [1.54, 1.807) is 0 Å². The summed E-state index contributed by atoms with van der Waals surface area (Å²) in [5.74, 6) is 0.774. The first kappa shape index (κ1) is 11.3. The van der Waals surface area contributed by atoms with Gasteiger partial charge in [-0.15, -0.1) is 0 Å². The van der Waals surface area contributed by atoms with Crippen LogP contribution in [-0.2, 0) is 4.74 Å². The molecule has 0 aromatic rings. The Morgan fingerprint density at radius 2 is 2.17 bits per heavy atom. The average Bonchev–Trinajstić information content (AvgIpc) is 2.02. The van der Waals surface area contributed by atoms with Crippen LogP contribution in [0, 0.1) is 0 Å². The fraction of sp³-hybridized carbons (Fsp3) is 0.636. The van der Waals surface area contributed by atoms with E-state index in [0.29, 0.717) is 0 Å². The van der Waals surface area contributed by atoms with Crippen molar-refractivity contribution in [3.63, 3.8) is 0 Å². The van der Waals surface area contributed by atoms with Crippen LogP contribution in [0.5, 0.6) is 0 Å². The maximum absolute atomic E-state index is 5.43. The van der Waals surface area contributed by atoms with Crippen molar-refractivity contribution in [1.29, 1.82) is 0 Å². The molecule has 0 aromatic heterocycles. The van der Waals surface area contributed by atoms with Crippen LogP contribution in [0.1, 0.15) is 39.5 Å². The second kappa shape index (κ2) is 6.96. The highest BCUT2D eigenvalue weighted by molar-refractivity contribution is 4.86. The third-order valence-corrected chi connectivity index (χ3v) is 1.71. The van der Waals surface area contributed by atoms with E-state index in [1.165, 1.54) is 19.3 Å². The zero-order chi connectivity index (χ0) is 9.40. The second-order valence-electron chi connectivity index (χ2n) is 3.09. The molecule has 0 heterocycles. The lowest BCUT2D eigenvalue weighted by molar-refractivity contribution is 0.147. The Kier molecular flexibility index (Phi) is 6.54. The van der Waals surface area contributed by atoms with Crippen LogP contribution in [0.2, 0.25) is 0 Å². The summed E-state index contributed by atoms with van der Waals surface area (Å²) in [6.07, 6.45) is 6.80. The van der Waals surface area contributed by atoms with Gasteiger partial charge in [0.25, 0.3) is 0 Å². The summed E-state index contributed by atoms with van der Waals surface area (Å²) in [7, 11) is 0. The average molecular weight is 168 g/mol. The molecule has 0 N–H and O–H groups in total. The Labute approximate surface area is 76.1 Å². The molecule has 0 aromatic carbocycles. The zero-order valence-electron chi connectivity index (χ0n) is 8.31. The van der Waals surface area contributed by atoms with Crippen molar-refractivity contribution in [2.75, 3.05) is 0 Å². The van der Waals surface area contributed by atoms with Crippen molar-refractivity contribution in [2.45, 2.75) is 45.6 Å². The minimum absolute atomic E-state index is 0.161. The summed E-state index contributed by atoms with van der Waals surface area (Å²) in [4.78, 5) is 0. The molecular weight excluding hydrogens is 148 g/mol. The maximum atomic E-state index is 5.43. The van der Waals surface area contributed by atoms with Gasteiger partial charge in [-0.05, 0) is 19.8 Å². The molecule has 0 radical (unpaired) electrons. The fourth-order valence-electron chi connectivity index (χ4n) is 1.08. The van der Waals surface area contributed by atoms with Crippen LogP contribution in [0.15, 0.2) is 25.0 Å². The molecule has 0 amide bonds.